The van der Waals surface area contributed by atoms with Crippen LogP contribution in [-0.2, 0) is 18.2 Å². The molecule has 12 heteroatoms. The Hall–Kier alpha value is -2.64. The van der Waals surface area contributed by atoms with Crippen molar-refractivity contribution in [1.29, 1.82) is 0 Å². The Morgan fingerprint density at radius 3 is 1.34 bits per heavy atom. The largest absolute Gasteiger partial charge is 0.750 e. The van der Waals surface area contributed by atoms with E-state index in [1.165, 1.54) is 12.1 Å². The lowest BCUT2D eigenvalue weighted by molar-refractivity contribution is 0.0444. The summed E-state index contributed by atoms with van der Waals surface area (Å²) in [6.45, 7) is 12.6. The summed E-state index contributed by atoms with van der Waals surface area (Å²) in [5, 5.41) is 42.7. The molecule has 7 unspecified atom stereocenters. The minimum Gasteiger partial charge on any atom is -0.504 e. The molecule has 2 aliphatic carbocycles. The summed E-state index contributed by atoms with van der Waals surface area (Å²) in [6.07, 6.45) is 4.82. The molecule has 0 aromatic heterocycles. The monoisotopic (exact) mass is 652 g/mol. The molecule has 0 saturated heterocycles. The third kappa shape index (κ3) is 7.95. The van der Waals surface area contributed by atoms with Crippen molar-refractivity contribution in [2.45, 2.75) is 92.3 Å². The molecule has 4 N–H and O–H groups in total. The Labute approximate surface area is 261 Å². The number of aromatic hydroxyl groups is 4. The standard InChI is InChI=1S/C32H44O10P2/c1-17(2)21-9-7-19(5)15-27(21)41-43(37)39-25-13-11-23(33)31(35)29(25)30-26(14-12-24(34)32(30)36)40-44(38)42-28-16-20(6)8-10-22(28)18(3)4/h11-14,17-22,27-28H,7-10,15-16H2,1-6H3,(H2-2,33,34,35,36)/p+2/t19?,20?,21?,22?,27-,28?/m0/s1. The van der Waals surface area contributed by atoms with Gasteiger partial charge in [0.2, 0.25) is 11.5 Å². The normalized spacial score (nSPS) is 26.5. The van der Waals surface area contributed by atoms with Gasteiger partial charge in [0.05, 0.1) is 11.1 Å². The fourth-order valence-electron chi connectivity index (χ4n) is 6.66. The van der Waals surface area contributed by atoms with Crippen molar-refractivity contribution < 1.29 is 47.7 Å². The zero-order valence-corrected chi connectivity index (χ0v) is 28.1. The van der Waals surface area contributed by atoms with Crippen molar-refractivity contribution in [3.8, 4) is 45.6 Å². The Kier molecular flexibility index (Phi) is 11.4. The number of hydrogen-bond donors (Lipinski definition) is 4. The van der Waals surface area contributed by atoms with Crippen molar-refractivity contribution in [3.63, 3.8) is 0 Å². The second-order valence-electron chi connectivity index (χ2n) is 13.2. The van der Waals surface area contributed by atoms with Gasteiger partial charge in [-0.15, -0.1) is 9.05 Å². The molecule has 10 nitrogen and oxygen atoms in total. The molecule has 2 aliphatic rings. The maximum absolute atomic E-state index is 13.2. The highest BCUT2D eigenvalue weighted by Gasteiger charge is 2.42. The SMILES string of the molecule is CC1CCC(C(C)C)C(O[P+](=O)Oc2ccc(O)c(O)c2-c2c(O[P+](=O)O[C@H]3CC(C)CCC3C(C)C)ccc(O)c2O)C1. The van der Waals surface area contributed by atoms with Crippen molar-refractivity contribution >= 4 is 16.5 Å². The summed E-state index contributed by atoms with van der Waals surface area (Å²) in [6, 6.07) is 4.78. The first-order valence-corrected chi connectivity index (χ1v) is 17.7. The fraction of sp³-hybridized carbons (Fsp3) is 0.625. The van der Waals surface area contributed by atoms with E-state index >= 15 is 0 Å². The second kappa shape index (κ2) is 14.6. The molecule has 0 amide bonds. The molecule has 0 bridgehead atoms. The Morgan fingerprint density at radius 2 is 1.00 bits per heavy atom. The molecule has 0 radical (unpaired) electrons. The van der Waals surface area contributed by atoms with E-state index in [9.17, 15) is 29.6 Å². The van der Waals surface area contributed by atoms with Gasteiger partial charge in [0.1, 0.15) is 12.2 Å². The highest BCUT2D eigenvalue weighted by atomic mass is 31.1. The van der Waals surface area contributed by atoms with Gasteiger partial charge >= 0.3 is 16.5 Å². The summed E-state index contributed by atoms with van der Waals surface area (Å²) >= 11 is 0. The molecule has 0 spiro atoms. The molecule has 4 rings (SSSR count). The van der Waals surface area contributed by atoms with Crippen LogP contribution in [0.25, 0.3) is 11.1 Å². The molecule has 2 saturated carbocycles. The molecular formula is C32H46O10P2+2. The van der Waals surface area contributed by atoms with Gasteiger partial charge in [0.15, 0.2) is 23.0 Å². The van der Waals surface area contributed by atoms with Crippen LogP contribution in [0.3, 0.4) is 0 Å². The van der Waals surface area contributed by atoms with Crippen LogP contribution in [0.1, 0.15) is 80.1 Å². The number of benzene rings is 2. The molecule has 242 valence electrons. The fourth-order valence-corrected chi connectivity index (χ4v) is 8.29. The minimum atomic E-state index is -2.76. The Morgan fingerprint density at radius 1 is 0.636 bits per heavy atom. The van der Waals surface area contributed by atoms with Crippen LogP contribution in [0, 0.1) is 35.5 Å². The van der Waals surface area contributed by atoms with Gasteiger partial charge in [0.25, 0.3) is 0 Å². The molecule has 2 aromatic carbocycles. The number of phenolic OH excluding ortho intramolecular Hbond substituents is 4. The molecule has 0 aliphatic heterocycles. The zero-order valence-electron chi connectivity index (χ0n) is 26.3. The predicted molar refractivity (Wildman–Crippen MR) is 167 cm³/mol. The highest BCUT2D eigenvalue weighted by molar-refractivity contribution is 7.34. The summed E-state index contributed by atoms with van der Waals surface area (Å²) in [7, 11) is -5.52. The second-order valence-corrected chi connectivity index (χ2v) is 14.9. The average molecular weight is 653 g/mol. The van der Waals surface area contributed by atoms with E-state index < -0.39 is 39.5 Å². The summed E-state index contributed by atoms with van der Waals surface area (Å²) < 4.78 is 49.7. The minimum absolute atomic E-state index is 0.190. The van der Waals surface area contributed by atoms with Gasteiger partial charge in [-0.25, -0.2) is 9.05 Å². The average Bonchev–Trinajstić information content (AvgIpc) is 2.93. The molecule has 0 heterocycles. The van der Waals surface area contributed by atoms with Gasteiger partial charge in [-0.2, -0.15) is 0 Å². The first-order chi connectivity index (χ1) is 20.8. The first-order valence-electron chi connectivity index (χ1n) is 15.5. The topological polar surface area (TPSA) is 152 Å². The van der Waals surface area contributed by atoms with Crippen LogP contribution in [0.2, 0.25) is 0 Å². The van der Waals surface area contributed by atoms with E-state index in [0.29, 0.717) is 23.7 Å². The maximum atomic E-state index is 13.2. The van der Waals surface area contributed by atoms with Crippen LogP contribution in [0.4, 0.5) is 0 Å². The Balaban J connectivity index is 1.64. The lowest BCUT2D eigenvalue weighted by Gasteiger charge is -2.33. The van der Waals surface area contributed by atoms with Gasteiger partial charge in [-0.05, 0) is 85.5 Å². The molecule has 2 aromatic rings. The summed E-state index contributed by atoms with van der Waals surface area (Å²) in [5.41, 5.74) is -0.653. The smallest absolute Gasteiger partial charge is 0.504 e. The first kappa shape index (κ1) is 34.2. The van der Waals surface area contributed by atoms with E-state index in [0.717, 1.165) is 50.7 Å². The van der Waals surface area contributed by atoms with Gasteiger partial charge in [-0.1, -0.05) is 54.4 Å². The van der Waals surface area contributed by atoms with Crippen molar-refractivity contribution in [2.24, 2.45) is 35.5 Å². The van der Waals surface area contributed by atoms with Crippen LogP contribution in [0.15, 0.2) is 24.3 Å². The molecule has 8 atom stereocenters. The zero-order chi connectivity index (χ0) is 32.3. The van der Waals surface area contributed by atoms with Crippen molar-refractivity contribution in [2.75, 3.05) is 0 Å². The van der Waals surface area contributed by atoms with Crippen LogP contribution < -0.4 is 9.05 Å². The maximum Gasteiger partial charge on any atom is 0.750 e. The van der Waals surface area contributed by atoms with E-state index in [4.69, 9.17) is 18.1 Å². The van der Waals surface area contributed by atoms with E-state index in [1.807, 2.05) is 0 Å². The van der Waals surface area contributed by atoms with Gasteiger partial charge < -0.3 is 20.4 Å². The molecule has 44 heavy (non-hydrogen) atoms. The van der Waals surface area contributed by atoms with Gasteiger partial charge in [0, 0.05) is 9.13 Å². The van der Waals surface area contributed by atoms with Crippen molar-refractivity contribution in [3.05, 3.63) is 24.3 Å². The van der Waals surface area contributed by atoms with E-state index in [2.05, 4.69) is 41.5 Å². The third-order valence-corrected chi connectivity index (χ3v) is 10.8. The quantitative estimate of drug-likeness (QED) is 0.137. The van der Waals surface area contributed by atoms with Crippen LogP contribution in [0.5, 0.6) is 34.5 Å². The summed E-state index contributed by atoms with van der Waals surface area (Å²) in [4.78, 5) is 0. The number of rotatable bonds is 11. The highest BCUT2D eigenvalue weighted by Crippen LogP contribution is 2.55. The number of hydrogen-bond acceptors (Lipinski definition) is 10. The van der Waals surface area contributed by atoms with Crippen LogP contribution in [-0.4, -0.2) is 32.6 Å². The van der Waals surface area contributed by atoms with Gasteiger partial charge in [-0.3, -0.25) is 0 Å². The summed E-state index contributed by atoms with van der Waals surface area (Å²) in [5.74, 6) is -1.26. The Bertz CT molecular complexity index is 1250. The van der Waals surface area contributed by atoms with E-state index in [-0.39, 0.29) is 46.7 Å². The third-order valence-electron chi connectivity index (χ3n) is 9.20. The molecule has 2 fully saturated rings. The lowest BCUT2D eigenvalue weighted by atomic mass is 9.75. The van der Waals surface area contributed by atoms with Crippen LogP contribution >= 0.6 is 16.5 Å². The van der Waals surface area contributed by atoms with E-state index in [1.54, 1.807) is 0 Å². The lowest BCUT2D eigenvalue weighted by Crippen LogP contribution is -2.33. The molecular weight excluding hydrogens is 606 g/mol. The van der Waals surface area contributed by atoms with Crippen molar-refractivity contribution in [1.82, 2.24) is 0 Å². The number of phenols is 4. The predicted octanol–water partition coefficient (Wildman–Crippen LogP) is 9.20.